The summed E-state index contributed by atoms with van der Waals surface area (Å²) in [5.74, 6) is 0. The summed E-state index contributed by atoms with van der Waals surface area (Å²) in [6, 6.07) is 3.23. The zero-order valence-electron chi connectivity index (χ0n) is 13.7. The first-order valence-corrected chi connectivity index (χ1v) is 8.01. The van der Waals surface area contributed by atoms with Gasteiger partial charge in [-0.25, -0.2) is 0 Å². The first-order chi connectivity index (χ1) is 9.48. The molecule has 1 aliphatic heterocycles. The summed E-state index contributed by atoms with van der Waals surface area (Å²) < 4.78 is 2.10. The predicted molar refractivity (Wildman–Crippen MR) is 83.8 cm³/mol. The van der Waals surface area contributed by atoms with Crippen LogP contribution in [-0.2, 0) is 6.54 Å². The van der Waals surface area contributed by atoms with Crippen LogP contribution in [0.2, 0.25) is 0 Å². The smallest absolute Gasteiger partial charge is 0.0765 e. The van der Waals surface area contributed by atoms with Crippen LogP contribution in [0.25, 0.3) is 0 Å². The molecule has 4 heteroatoms. The van der Waals surface area contributed by atoms with E-state index in [2.05, 4.69) is 61.8 Å². The number of aromatic nitrogens is 2. The number of nitrogens with one attached hydrogen (secondary N) is 1. The molecule has 2 heterocycles. The summed E-state index contributed by atoms with van der Waals surface area (Å²) >= 11 is 0. The average Bonchev–Trinajstić information content (AvgIpc) is 2.91. The van der Waals surface area contributed by atoms with E-state index in [1.54, 1.807) is 0 Å². The Morgan fingerprint density at radius 3 is 2.90 bits per heavy atom. The van der Waals surface area contributed by atoms with Crippen LogP contribution in [0.1, 0.15) is 59.2 Å². The van der Waals surface area contributed by atoms with Crippen molar-refractivity contribution in [1.29, 1.82) is 0 Å². The van der Waals surface area contributed by atoms with Crippen molar-refractivity contribution in [3.8, 4) is 0 Å². The number of nitrogens with zero attached hydrogens (tertiary/aromatic N) is 3. The highest BCUT2D eigenvalue weighted by molar-refractivity contribution is 5.03. The van der Waals surface area contributed by atoms with Crippen LogP contribution in [0.5, 0.6) is 0 Å². The van der Waals surface area contributed by atoms with E-state index in [1.165, 1.54) is 12.1 Å². The highest BCUT2D eigenvalue weighted by Crippen LogP contribution is 2.24. The van der Waals surface area contributed by atoms with E-state index < -0.39 is 0 Å². The van der Waals surface area contributed by atoms with Gasteiger partial charge >= 0.3 is 0 Å². The second-order valence-corrected chi connectivity index (χ2v) is 6.56. The van der Waals surface area contributed by atoms with E-state index in [-0.39, 0.29) is 5.54 Å². The molecule has 3 unspecified atom stereocenters. The molecule has 1 aromatic rings. The number of hydrogen-bond donors (Lipinski definition) is 1. The van der Waals surface area contributed by atoms with Gasteiger partial charge in [0.2, 0.25) is 0 Å². The Kier molecular flexibility index (Phi) is 4.86. The van der Waals surface area contributed by atoms with Gasteiger partial charge in [-0.3, -0.25) is 9.58 Å². The lowest BCUT2D eigenvalue weighted by Gasteiger charge is -2.47. The third-order valence-corrected chi connectivity index (χ3v) is 4.91. The van der Waals surface area contributed by atoms with Gasteiger partial charge in [-0.2, -0.15) is 5.10 Å². The monoisotopic (exact) mass is 278 g/mol. The fourth-order valence-electron chi connectivity index (χ4n) is 2.82. The molecule has 1 fully saturated rings. The third-order valence-electron chi connectivity index (χ3n) is 4.91. The Morgan fingerprint density at radius 2 is 2.25 bits per heavy atom. The van der Waals surface area contributed by atoms with Gasteiger partial charge in [0.25, 0.3) is 0 Å². The molecule has 4 nitrogen and oxygen atoms in total. The molecule has 0 aromatic carbocycles. The molecule has 3 atom stereocenters. The van der Waals surface area contributed by atoms with Crippen molar-refractivity contribution in [3.63, 3.8) is 0 Å². The minimum Gasteiger partial charge on any atom is -0.311 e. The zero-order valence-corrected chi connectivity index (χ0v) is 13.7. The largest absolute Gasteiger partial charge is 0.311 e. The van der Waals surface area contributed by atoms with E-state index in [1.807, 2.05) is 0 Å². The second-order valence-electron chi connectivity index (χ2n) is 6.56. The molecule has 0 saturated carbocycles. The fraction of sp³-hybridized carbons (Fsp3) is 0.812. The highest BCUT2D eigenvalue weighted by Gasteiger charge is 2.35. The van der Waals surface area contributed by atoms with E-state index in [0.717, 1.165) is 26.1 Å². The number of rotatable bonds is 5. The topological polar surface area (TPSA) is 33.1 Å². The van der Waals surface area contributed by atoms with Gasteiger partial charge in [-0.1, -0.05) is 13.8 Å². The first-order valence-electron chi connectivity index (χ1n) is 8.01. The number of hydrogen-bond acceptors (Lipinski definition) is 3. The zero-order chi connectivity index (χ0) is 14.8. The Morgan fingerprint density at radius 1 is 1.50 bits per heavy atom. The van der Waals surface area contributed by atoms with Gasteiger partial charge in [0.1, 0.15) is 0 Å². The van der Waals surface area contributed by atoms with E-state index in [9.17, 15) is 0 Å². The Labute approximate surface area is 123 Å². The van der Waals surface area contributed by atoms with E-state index in [0.29, 0.717) is 12.1 Å². The SMILES string of the molecule is CCC(C)n1ccc(CN2CC(C)NCC2(C)CC)n1. The van der Waals surface area contributed by atoms with Gasteiger partial charge in [0, 0.05) is 43.5 Å². The molecule has 1 aliphatic rings. The molecule has 2 rings (SSSR count). The summed E-state index contributed by atoms with van der Waals surface area (Å²) in [6.07, 6.45) is 4.41. The molecule has 0 aliphatic carbocycles. The van der Waals surface area contributed by atoms with Gasteiger partial charge in [-0.15, -0.1) is 0 Å². The maximum Gasteiger partial charge on any atom is 0.0765 e. The Hall–Kier alpha value is -0.870. The normalized spacial score (nSPS) is 29.6. The standard InChI is InChI=1S/C16H30N4/c1-6-14(4)20-9-8-15(18-20)11-19-10-13(3)17-12-16(19,5)7-2/h8-9,13-14,17H,6-7,10-12H2,1-5H3. The van der Waals surface area contributed by atoms with Crippen molar-refractivity contribution < 1.29 is 0 Å². The molecule has 1 N–H and O–H groups in total. The van der Waals surface area contributed by atoms with Crippen LogP contribution in [0.15, 0.2) is 12.3 Å². The molecular weight excluding hydrogens is 248 g/mol. The lowest BCUT2D eigenvalue weighted by molar-refractivity contribution is 0.0440. The van der Waals surface area contributed by atoms with Gasteiger partial charge in [-0.05, 0) is 39.7 Å². The minimum absolute atomic E-state index is 0.243. The second kappa shape index (κ2) is 6.27. The van der Waals surface area contributed by atoms with Gasteiger partial charge < -0.3 is 5.32 Å². The molecule has 114 valence electrons. The van der Waals surface area contributed by atoms with Crippen LogP contribution >= 0.6 is 0 Å². The Balaban J connectivity index is 2.08. The molecule has 0 bridgehead atoms. The third kappa shape index (κ3) is 3.23. The Bertz CT molecular complexity index is 428. The molecule has 1 aromatic heterocycles. The maximum absolute atomic E-state index is 4.75. The van der Waals surface area contributed by atoms with Crippen LogP contribution < -0.4 is 5.32 Å². The molecule has 20 heavy (non-hydrogen) atoms. The van der Waals surface area contributed by atoms with Crippen molar-refractivity contribution in [3.05, 3.63) is 18.0 Å². The first kappa shape index (κ1) is 15.5. The lowest BCUT2D eigenvalue weighted by Crippen LogP contribution is -2.61. The molecule has 0 spiro atoms. The maximum atomic E-state index is 4.75. The summed E-state index contributed by atoms with van der Waals surface area (Å²) in [7, 11) is 0. The van der Waals surface area contributed by atoms with Crippen LogP contribution in [0.4, 0.5) is 0 Å². The summed E-state index contributed by atoms with van der Waals surface area (Å²) in [6.45, 7) is 14.5. The van der Waals surface area contributed by atoms with Gasteiger partial charge in [0.15, 0.2) is 0 Å². The lowest BCUT2D eigenvalue weighted by atomic mass is 9.92. The predicted octanol–water partition coefficient (Wildman–Crippen LogP) is 2.82. The quantitative estimate of drug-likeness (QED) is 0.899. The fourth-order valence-corrected chi connectivity index (χ4v) is 2.82. The minimum atomic E-state index is 0.243. The molecular formula is C16H30N4. The van der Waals surface area contributed by atoms with Crippen molar-refractivity contribution in [2.24, 2.45) is 0 Å². The summed E-state index contributed by atoms with van der Waals surface area (Å²) in [4.78, 5) is 2.59. The molecule has 0 amide bonds. The van der Waals surface area contributed by atoms with Crippen molar-refractivity contribution >= 4 is 0 Å². The molecule has 1 saturated heterocycles. The van der Waals surface area contributed by atoms with Crippen molar-refractivity contribution in [2.45, 2.75) is 71.6 Å². The van der Waals surface area contributed by atoms with E-state index >= 15 is 0 Å². The average molecular weight is 278 g/mol. The summed E-state index contributed by atoms with van der Waals surface area (Å²) in [5, 5.41) is 8.36. The van der Waals surface area contributed by atoms with Crippen molar-refractivity contribution in [2.75, 3.05) is 13.1 Å². The van der Waals surface area contributed by atoms with Crippen molar-refractivity contribution in [1.82, 2.24) is 20.0 Å². The van der Waals surface area contributed by atoms with Crippen LogP contribution in [-0.4, -0.2) is 39.4 Å². The highest BCUT2D eigenvalue weighted by atomic mass is 15.3. The summed E-state index contributed by atoms with van der Waals surface area (Å²) in [5.41, 5.74) is 1.44. The van der Waals surface area contributed by atoms with E-state index in [4.69, 9.17) is 5.10 Å². The van der Waals surface area contributed by atoms with Crippen LogP contribution in [0.3, 0.4) is 0 Å². The van der Waals surface area contributed by atoms with Gasteiger partial charge in [0.05, 0.1) is 5.69 Å². The number of piperazine rings is 1. The van der Waals surface area contributed by atoms with Crippen LogP contribution in [0, 0.1) is 0 Å². The molecule has 0 radical (unpaired) electrons.